The number of allylic oxidation sites excluding steroid dienone is 4. The van der Waals surface area contributed by atoms with Crippen LogP contribution >= 0.6 is 0 Å². The quantitative estimate of drug-likeness (QED) is 0.689. The molecule has 0 atom stereocenters. The average molecular weight is 236 g/mol. The maximum atomic E-state index is 5.54. The van der Waals surface area contributed by atoms with Crippen molar-refractivity contribution in [2.24, 2.45) is 11.7 Å². The lowest BCUT2D eigenvalue weighted by molar-refractivity contribution is 0.179. The van der Waals surface area contributed by atoms with Gasteiger partial charge in [0.2, 0.25) is 0 Å². The van der Waals surface area contributed by atoms with Crippen molar-refractivity contribution in [2.45, 2.75) is 39.0 Å². The van der Waals surface area contributed by atoms with E-state index in [0.717, 1.165) is 18.9 Å². The van der Waals surface area contributed by atoms with Crippen molar-refractivity contribution in [3.8, 4) is 0 Å². The molecule has 1 rings (SSSR count). The second-order valence-electron chi connectivity index (χ2n) is 4.96. The van der Waals surface area contributed by atoms with E-state index in [4.69, 9.17) is 5.73 Å². The van der Waals surface area contributed by atoms with Gasteiger partial charge in [0, 0.05) is 0 Å². The van der Waals surface area contributed by atoms with Gasteiger partial charge in [-0.15, -0.1) is 0 Å². The first-order chi connectivity index (χ1) is 8.36. The molecule has 0 unspecified atom stereocenters. The number of rotatable bonds is 7. The summed E-state index contributed by atoms with van der Waals surface area (Å²) in [6.07, 6.45) is 15.1. The summed E-state index contributed by atoms with van der Waals surface area (Å²) in [4.78, 5) is 2.57. The molecule has 0 aromatic carbocycles. The zero-order valence-electron chi connectivity index (χ0n) is 11.3. The molecule has 1 saturated heterocycles. The Bertz CT molecular complexity index is 225. The van der Waals surface area contributed by atoms with E-state index in [2.05, 4.69) is 36.1 Å². The van der Waals surface area contributed by atoms with E-state index in [0.29, 0.717) is 0 Å². The predicted molar refractivity (Wildman–Crippen MR) is 76.0 cm³/mol. The monoisotopic (exact) mass is 236 g/mol. The van der Waals surface area contributed by atoms with Gasteiger partial charge < -0.3 is 10.6 Å². The maximum absolute atomic E-state index is 5.54. The van der Waals surface area contributed by atoms with E-state index in [1.807, 2.05) is 0 Å². The largest absolute Gasteiger partial charge is 0.330 e. The highest BCUT2D eigenvalue weighted by molar-refractivity contribution is 5.00. The van der Waals surface area contributed by atoms with Crippen LogP contribution in [0.3, 0.4) is 0 Å². The minimum atomic E-state index is 0.829. The van der Waals surface area contributed by atoms with Crippen LogP contribution in [0.2, 0.25) is 0 Å². The first kappa shape index (κ1) is 14.5. The van der Waals surface area contributed by atoms with E-state index in [1.165, 1.54) is 45.3 Å². The molecule has 0 bridgehead atoms. The van der Waals surface area contributed by atoms with Crippen LogP contribution in [0.1, 0.15) is 39.0 Å². The van der Waals surface area contributed by atoms with Gasteiger partial charge in [0.25, 0.3) is 0 Å². The van der Waals surface area contributed by atoms with E-state index in [9.17, 15) is 0 Å². The summed E-state index contributed by atoms with van der Waals surface area (Å²) in [5.74, 6) is 0.944. The highest BCUT2D eigenvalue weighted by Gasteiger charge is 2.17. The third-order valence-electron chi connectivity index (χ3n) is 3.57. The normalized spacial score (nSPS) is 19.6. The van der Waals surface area contributed by atoms with Crippen LogP contribution in [0.25, 0.3) is 0 Å². The Labute approximate surface area is 107 Å². The molecule has 2 heteroatoms. The average Bonchev–Trinajstić information content (AvgIpc) is 2.37. The van der Waals surface area contributed by atoms with Gasteiger partial charge in [-0.25, -0.2) is 0 Å². The molecule has 1 heterocycles. The van der Waals surface area contributed by atoms with Gasteiger partial charge in [-0.05, 0) is 71.1 Å². The topological polar surface area (TPSA) is 29.3 Å². The molecule has 0 radical (unpaired) electrons. The van der Waals surface area contributed by atoms with Crippen LogP contribution in [0.4, 0.5) is 0 Å². The van der Waals surface area contributed by atoms with Crippen LogP contribution < -0.4 is 5.73 Å². The highest BCUT2D eigenvalue weighted by atomic mass is 15.1. The summed E-state index contributed by atoms with van der Waals surface area (Å²) in [6, 6.07) is 0. The zero-order chi connectivity index (χ0) is 12.3. The third-order valence-corrected chi connectivity index (χ3v) is 3.57. The summed E-state index contributed by atoms with van der Waals surface area (Å²) < 4.78 is 0. The Morgan fingerprint density at radius 2 is 2.00 bits per heavy atom. The summed E-state index contributed by atoms with van der Waals surface area (Å²) in [5.41, 5.74) is 5.54. The lowest BCUT2D eigenvalue weighted by Crippen LogP contribution is -2.35. The molecule has 0 amide bonds. The molecular formula is C15H28N2. The maximum Gasteiger partial charge on any atom is -0.000671 e. The minimum Gasteiger partial charge on any atom is -0.330 e. The Morgan fingerprint density at radius 1 is 1.24 bits per heavy atom. The molecule has 98 valence electrons. The van der Waals surface area contributed by atoms with Crippen molar-refractivity contribution in [1.29, 1.82) is 0 Å². The van der Waals surface area contributed by atoms with Crippen molar-refractivity contribution < 1.29 is 0 Å². The number of piperidine rings is 1. The van der Waals surface area contributed by atoms with Crippen LogP contribution in [-0.4, -0.2) is 31.1 Å². The first-order valence-electron chi connectivity index (χ1n) is 7.07. The van der Waals surface area contributed by atoms with E-state index in [1.54, 1.807) is 0 Å². The van der Waals surface area contributed by atoms with Gasteiger partial charge in [0.05, 0.1) is 0 Å². The molecule has 0 aromatic rings. The van der Waals surface area contributed by atoms with Gasteiger partial charge in [-0.2, -0.15) is 0 Å². The highest BCUT2D eigenvalue weighted by Crippen LogP contribution is 2.21. The smallest absolute Gasteiger partial charge is 0.000671 e. The minimum absolute atomic E-state index is 0.829. The van der Waals surface area contributed by atoms with Crippen LogP contribution in [0, 0.1) is 5.92 Å². The molecule has 1 fully saturated rings. The van der Waals surface area contributed by atoms with E-state index in [-0.39, 0.29) is 0 Å². The molecule has 2 N–H and O–H groups in total. The van der Waals surface area contributed by atoms with Crippen molar-refractivity contribution in [1.82, 2.24) is 4.90 Å². The number of hydrogen-bond donors (Lipinski definition) is 1. The third kappa shape index (κ3) is 6.64. The summed E-state index contributed by atoms with van der Waals surface area (Å²) in [6.45, 7) is 6.65. The van der Waals surface area contributed by atoms with Crippen LogP contribution in [0.15, 0.2) is 24.3 Å². The van der Waals surface area contributed by atoms with Crippen molar-refractivity contribution >= 4 is 0 Å². The summed E-state index contributed by atoms with van der Waals surface area (Å²) in [7, 11) is 0. The summed E-state index contributed by atoms with van der Waals surface area (Å²) >= 11 is 0. The molecular weight excluding hydrogens is 208 g/mol. The molecule has 0 spiro atoms. The van der Waals surface area contributed by atoms with Gasteiger partial charge >= 0.3 is 0 Å². The number of nitrogens with two attached hydrogens (primary N) is 1. The SMILES string of the molecule is C/C=C\C=C/CCC1CCN(CCCN)CC1. The van der Waals surface area contributed by atoms with Gasteiger partial charge in [-0.1, -0.05) is 24.3 Å². The van der Waals surface area contributed by atoms with E-state index >= 15 is 0 Å². The second-order valence-corrected chi connectivity index (χ2v) is 4.96. The molecule has 1 aliphatic rings. The van der Waals surface area contributed by atoms with Gasteiger partial charge in [0.15, 0.2) is 0 Å². The number of hydrogen-bond acceptors (Lipinski definition) is 2. The fourth-order valence-corrected chi connectivity index (χ4v) is 2.43. The molecule has 0 aromatic heterocycles. The van der Waals surface area contributed by atoms with Crippen molar-refractivity contribution in [3.63, 3.8) is 0 Å². The number of likely N-dealkylation sites (tertiary alicyclic amines) is 1. The van der Waals surface area contributed by atoms with Crippen LogP contribution in [-0.2, 0) is 0 Å². The van der Waals surface area contributed by atoms with Crippen molar-refractivity contribution in [3.05, 3.63) is 24.3 Å². The Hall–Kier alpha value is -0.600. The first-order valence-corrected chi connectivity index (χ1v) is 7.07. The van der Waals surface area contributed by atoms with Gasteiger partial charge in [-0.3, -0.25) is 0 Å². The molecule has 0 saturated carbocycles. The van der Waals surface area contributed by atoms with E-state index < -0.39 is 0 Å². The Morgan fingerprint density at radius 3 is 2.65 bits per heavy atom. The molecule has 2 nitrogen and oxygen atoms in total. The standard InChI is InChI=1S/C15H28N2/c1-2-3-4-5-6-8-15-9-13-17(14-10-15)12-7-11-16/h2-5,15H,6-14,16H2,1H3/b3-2-,5-4-. The fraction of sp³-hybridized carbons (Fsp3) is 0.733. The molecule has 17 heavy (non-hydrogen) atoms. The lowest BCUT2D eigenvalue weighted by Gasteiger charge is -2.31. The second kappa shape index (κ2) is 9.43. The molecule has 1 aliphatic heterocycles. The van der Waals surface area contributed by atoms with Crippen molar-refractivity contribution in [2.75, 3.05) is 26.2 Å². The van der Waals surface area contributed by atoms with Crippen LogP contribution in [0.5, 0.6) is 0 Å². The Kier molecular flexibility index (Phi) is 8.02. The molecule has 0 aliphatic carbocycles. The summed E-state index contributed by atoms with van der Waals surface area (Å²) in [5, 5.41) is 0. The fourth-order valence-electron chi connectivity index (χ4n) is 2.43. The number of nitrogens with zero attached hydrogens (tertiary/aromatic N) is 1. The Balaban J connectivity index is 2.06. The predicted octanol–water partition coefficient (Wildman–Crippen LogP) is 2.96. The van der Waals surface area contributed by atoms with Gasteiger partial charge in [0.1, 0.15) is 0 Å². The lowest BCUT2D eigenvalue weighted by atomic mass is 9.92. The zero-order valence-corrected chi connectivity index (χ0v) is 11.3.